The maximum atomic E-state index is 14.0. The second kappa shape index (κ2) is 10.1. The molecule has 180 valence electrons. The Morgan fingerprint density at radius 2 is 1.42 bits per heavy atom. The molecular weight excluding hydrogens is 431 g/mol. The minimum Gasteiger partial charge on any atom is -0.206 e. The summed E-state index contributed by atoms with van der Waals surface area (Å²) in [7, 11) is 0. The molecule has 2 saturated carbocycles. The molecule has 2 fully saturated rings. The number of fused-ring (bicyclic) bond motifs is 1. The Labute approximate surface area is 193 Å². The van der Waals surface area contributed by atoms with E-state index in [1.54, 1.807) is 12.1 Å². The Balaban J connectivity index is 1.40. The van der Waals surface area contributed by atoms with Crippen LogP contribution < -0.4 is 0 Å². The van der Waals surface area contributed by atoms with Crippen molar-refractivity contribution in [3.05, 3.63) is 59.2 Å². The van der Waals surface area contributed by atoms with E-state index in [9.17, 15) is 22.0 Å². The van der Waals surface area contributed by atoms with Gasteiger partial charge in [0.2, 0.25) is 0 Å². The second-order valence-corrected chi connectivity index (χ2v) is 10.1. The van der Waals surface area contributed by atoms with Crippen LogP contribution in [0, 0.1) is 29.4 Å². The van der Waals surface area contributed by atoms with Gasteiger partial charge in [0.05, 0.1) is 0 Å². The van der Waals surface area contributed by atoms with Gasteiger partial charge in [-0.15, -0.1) is 0 Å². The van der Waals surface area contributed by atoms with E-state index < -0.39 is 23.4 Å². The SMILES string of the molecule is CCCCCC1CC[C@@H]2C[C@H](c3ccc(-c4cc(F)c(C(F)(F)F)c(F)c4)cc3)CC[C@@H]2C1. The minimum atomic E-state index is -5.05. The number of hydrogen-bond donors (Lipinski definition) is 0. The number of halogens is 5. The van der Waals surface area contributed by atoms with E-state index >= 15 is 0 Å². The van der Waals surface area contributed by atoms with E-state index in [0.29, 0.717) is 11.5 Å². The first-order valence-electron chi connectivity index (χ1n) is 12.4. The fourth-order valence-corrected chi connectivity index (χ4v) is 6.19. The van der Waals surface area contributed by atoms with E-state index in [-0.39, 0.29) is 5.56 Å². The van der Waals surface area contributed by atoms with Crippen molar-refractivity contribution in [1.29, 1.82) is 0 Å². The van der Waals surface area contributed by atoms with Crippen molar-refractivity contribution in [3.8, 4) is 11.1 Å². The normalized spacial score (nSPS) is 25.6. The quantitative estimate of drug-likeness (QED) is 0.295. The first kappa shape index (κ1) is 24.2. The van der Waals surface area contributed by atoms with Crippen molar-refractivity contribution in [2.45, 2.75) is 83.2 Å². The summed E-state index contributed by atoms with van der Waals surface area (Å²) in [5.41, 5.74) is 0.0241. The molecule has 0 heterocycles. The van der Waals surface area contributed by atoms with Gasteiger partial charge in [0.1, 0.15) is 17.2 Å². The molecule has 2 aromatic rings. The average Bonchev–Trinajstić information content (AvgIpc) is 2.77. The zero-order chi connectivity index (χ0) is 23.6. The third-order valence-corrected chi connectivity index (χ3v) is 7.98. The molecule has 5 heteroatoms. The number of alkyl halides is 3. The zero-order valence-corrected chi connectivity index (χ0v) is 19.2. The lowest BCUT2D eigenvalue weighted by Crippen LogP contribution is -2.30. The zero-order valence-electron chi connectivity index (χ0n) is 19.2. The monoisotopic (exact) mass is 464 g/mol. The molecule has 0 aliphatic heterocycles. The Morgan fingerprint density at radius 3 is 2.06 bits per heavy atom. The van der Waals surface area contributed by atoms with Crippen LogP contribution in [-0.2, 0) is 6.18 Å². The van der Waals surface area contributed by atoms with Crippen LogP contribution in [0.15, 0.2) is 36.4 Å². The summed E-state index contributed by atoms with van der Waals surface area (Å²) in [5.74, 6) is -0.144. The molecule has 1 unspecified atom stereocenters. The summed E-state index contributed by atoms with van der Waals surface area (Å²) < 4.78 is 66.4. The molecule has 33 heavy (non-hydrogen) atoms. The van der Waals surface area contributed by atoms with Crippen LogP contribution in [0.5, 0.6) is 0 Å². The molecular formula is C28H33F5. The Bertz CT molecular complexity index is 907. The standard InChI is InChI=1S/C28H33F5/c1-2-3-4-5-18-6-7-23-15-22(13-12-21(23)14-18)19-8-10-20(11-9-19)24-16-25(29)27(26(30)17-24)28(31,32)33/h8-11,16-18,21-23H,2-7,12-15H2,1H3/t18?,21-,22-,23-/m1/s1. The number of hydrogen-bond acceptors (Lipinski definition) is 0. The van der Waals surface area contributed by atoms with Gasteiger partial charge in [0, 0.05) is 0 Å². The van der Waals surface area contributed by atoms with Crippen molar-refractivity contribution in [2.24, 2.45) is 17.8 Å². The van der Waals surface area contributed by atoms with Crippen molar-refractivity contribution in [2.75, 3.05) is 0 Å². The van der Waals surface area contributed by atoms with Crippen LogP contribution in [0.3, 0.4) is 0 Å². The molecule has 0 bridgehead atoms. The van der Waals surface area contributed by atoms with Crippen LogP contribution in [0.4, 0.5) is 22.0 Å². The third-order valence-electron chi connectivity index (χ3n) is 7.98. The predicted molar refractivity (Wildman–Crippen MR) is 122 cm³/mol. The van der Waals surface area contributed by atoms with Gasteiger partial charge in [-0.05, 0) is 84.6 Å². The van der Waals surface area contributed by atoms with Gasteiger partial charge in [-0.2, -0.15) is 13.2 Å². The van der Waals surface area contributed by atoms with Gasteiger partial charge in [0.15, 0.2) is 0 Å². The lowest BCUT2D eigenvalue weighted by Gasteiger charge is -2.42. The third kappa shape index (κ3) is 5.60. The highest BCUT2D eigenvalue weighted by Crippen LogP contribution is 2.48. The highest BCUT2D eigenvalue weighted by molar-refractivity contribution is 5.64. The van der Waals surface area contributed by atoms with Crippen LogP contribution in [0.2, 0.25) is 0 Å². The van der Waals surface area contributed by atoms with Gasteiger partial charge in [-0.25, -0.2) is 8.78 Å². The summed E-state index contributed by atoms with van der Waals surface area (Å²) in [5, 5.41) is 0. The Kier molecular flexibility index (Phi) is 7.45. The summed E-state index contributed by atoms with van der Waals surface area (Å²) in [6, 6.07) is 9.03. The Morgan fingerprint density at radius 1 is 0.788 bits per heavy atom. The van der Waals surface area contributed by atoms with Gasteiger partial charge < -0.3 is 0 Å². The van der Waals surface area contributed by atoms with Crippen LogP contribution in [-0.4, -0.2) is 0 Å². The summed E-state index contributed by atoms with van der Waals surface area (Å²) in [6.45, 7) is 2.25. The molecule has 4 rings (SSSR count). The predicted octanol–water partition coefficient (Wildman–Crippen LogP) is 9.53. The summed E-state index contributed by atoms with van der Waals surface area (Å²) in [6.07, 6.45) is 7.97. The largest absolute Gasteiger partial charge is 0.422 e. The molecule has 0 nitrogen and oxygen atoms in total. The molecule has 0 aromatic heterocycles. The van der Waals surface area contributed by atoms with E-state index in [1.165, 1.54) is 63.4 Å². The fraction of sp³-hybridized carbons (Fsp3) is 0.571. The molecule has 2 aliphatic carbocycles. The lowest BCUT2D eigenvalue weighted by molar-refractivity contribution is -0.142. The first-order chi connectivity index (χ1) is 15.8. The highest BCUT2D eigenvalue weighted by Gasteiger charge is 2.38. The van der Waals surface area contributed by atoms with Gasteiger partial charge in [-0.3, -0.25) is 0 Å². The molecule has 2 aliphatic rings. The molecule has 0 saturated heterocycles. The van der Waals surface area contributed by atoms with E-state index in [0.717, 1.165) is 36.3 Å². The smallest absolute Gasteiger partial charge is 0.206 e. The molecule has 0 amide bonds. The highest BCUT2D eigenvalue weighted by atomic mass is 19.4. The van der Waals surface area contributed by atoms with Crippen molar-refractivity contribution in [1.82, 2.24) is 0 Å². The van der Waals surface area contributed by atoms with Gasteiger partial charge in [-0.1, -0.05) is 63.3 Å². The molecule has 0 radical (unpaired) electrons. The number of benzene rings is 2. The fourth-order valence-electron chi connectivity index (χ4n) is 6.19. The van der Waals surface area contributed by atoms with E-state index in [4.69, 9.17) is 0 Å². The van der Waals surface area contributed by atoms with Crippen LogP contribution >= 0.6 is 0 Å². The van der Waals surface area contributed by atoms with Crippen LogP contribution in [0.25, 0.3) is 11.1 Å². The molecule has 4 atom stereocenters. The van der Waals surface area contributed by atoms with Crippen molar-refractivity contribution >= 4 is 0 Å². The van der Waals surface area contributed by atoms with Crippen LogP contribution in [0.1, 0.15) is 88.2 Å². The average molecular weight is 465 g/mol. The molecule has 2 aromatic carbocycles. The molecule has 0 spiro atoms. The topological polar surface area (TPSA) is 0 Å². The second-order valence-electron chi connectivity index (χ2n) is 10.1. The van der Waals surface area contributed by atoms with Crippen molar-refractivity contribution in [3.63, 3.8) is 0 Å². The van der Waals surface area contributed by atoms with Gasteiger partial charge >= 0.3 is 6.18 Å². The maximum absolute atomic E-state index is 14.0. The van der Waals surface area contributed by atoms with Gasteiger partial charge in [0.25, 0.3) is 0 Å². The summed E-state index contributed by atoms with van der Waals surface area (Å²) >= 11 is 0. The first-order valence-corrected chi connectivity index (χ1v) is 12.4. The lowest BCUT2D eigenvalue weighted by atomic mass is 9.63. The van der Waals surface area contributed by atoms with E-state index in [2.05, 4.69) is 6.92 Å². The number of unbranched alkanes of at least 4 members (excludes halogenated alkanes) is 2. The minimum absolute atomic E-state index is 0.120. The maximum Gasteiger partial charge on any atom is 0.422 e. The van der Waals surface area contributed by atoms with E-state index in [1.807, 2.05) is 12.1 Å². The summed E-state index contributed by atoms with van der Waals surface area (Å²) in [4.78, 5) is 0. The molecule has 0 N–H and O–H groups in total. The Hall–Kier alpha value is -1.91. The number of rotatable bonds is 6. The van der Waals surface area contributed by atoms with Crippen molar-refractivity contribution < 1.29 is 22.0 Å².